The molecule has 1 aromatic heterocycles. The van der Waals surface area contributed by atoms with Crippen molar-refractivity contribution in [2.75, 3.05) is 0 Å². The Hall–Kier alpha value is -2.43. The highest BCUT2D eigenvalue weighted by Crippen LogP contribution is 2.19. The summed E-state index contributed by atoms with van der Waals surface area (Å²) in [4.78, 5) is 29.1. The van der Waals surface area contributed by atoms with E-state index in [0.717, 1.165) is 31.1 Å². The highest BCUT2D eigenvalue weighted by Gasteiger charge is 2.23. The molecule has 0 unspecified atom stereocenters. The lowest BCUT2D eigenvalue weighted by atomic mass is 10.1. The molecule has 0 bridgehead atoms. The predicted molar refractivity (Wildman–Crippen MR) is 96.3 cm³/mol. The molecule has 1 amide bonds. The van der Waals surface area contributed by atoms with Crippen molar-refractivity contribution >= 4 is 22.8 Å². The predicted octanol–water partition coefficient (Wildman–Crippen LogP) is 3.62. The number of hydrogen-bond donors (Lipinski definition) is 1. The minimum absolute atomic E-state index is 0.190. The van der Waals surface area contributed by atoms with Crippen LogP contribution in [0.3, 0.4) is 0 Å². The number of carbonyl (C=O) groups is 2. The van der Waals surface area contributed by atoms with Crippen LogP contribution in [0.25, 0.3) is 10.9 Å². The Balaban J connectivity index is 1.64. The minimum Gasteiger partial charge on any atom is -0.449 e. The maximum atomic E-state index is 12.5. The van der Waals surface area contributed by atoms with Gasteiger partial charge in [-0.25, -0.2) is 4.79 Å². The summed E-state index contributed by atoms with van der Waals surface area (Å²) in [6.45, 7) is 1.61. The number of nitrogens with zero attached hydrogens (tertiary/aromatic N) is 1. The monoisotopic (exact) mass is 340 g/mol. The number of nitrogens with one attached hydrogen (secondary N) is 1. The molecular formula is C20H24N2O3. The molecule has 1 saturated carbocycles. The lowest BCUT2D eigenvalue weighted by Crippen LogP contribution is -2.41. The van der Waals surface area contributed by atoms with Crippen LogP contribution in [-0.4, -0.2) is 29.0 Å². The number of amides is 1. The van der Waals surface area contributed by atoms with Crippen molar-refractivity contribution in [3.8, 4) is 0 Å². The van der Waals surface area contributed by atoms with E-state index in [0.29, 0.717) is 11.1 Å². The molecule has 2 aromatic rings. The number of fused-ring (bicyclic) bond motifs is 1. The number of hydrogen-bond acceptors (Lipinski definition) is 4. The van der Waals surface area contributed by atoms with E-state index in [9.17, 15) is 9.59 Å². The quantitative estimate of drug-likeness (QED) is 0.682. The molecule has 25 heavy (non-hydrogen) atoms. The Labute approximate surface area is 147 Å². The van der Waals surface area contributed by atoms with E-state index in [1.807, 2.05) is 18.2 Å². The molecule has 1 aliphatic rings. The molecule has 1 aliphatic carbocycles. The summed E-state index contributed by atoms with van der Waals surface area (Å²) in [6, 6.07) is 9.25. The SMILES string of the molecule is C[C@@H](OC(=O)c1cccc2cccnc12)C(=O)NC1CCCCCC1. The number of rotatable bonds is 4. The van der Waals surface area contributed by atoms with Crippen LogP contribution in [0.2, 0.25) is 0 Å². The summed E-state index contributed by atoms with van der Waals surface area (Å²) < 4.78 is 5.39. The van der Waals surface area contributed by atoms with Crippen molar-refractivity contribution in [3.63, 3.8) is 0 Å². The molecule has 132 valence electrons. The largest absolute Gasteiger partial charge is 0.449 e. The average molecular weight is 340 g/mol. The molecule has 1 heterocycles. The third-order valence-corrected chi connectivity index (χ3v) is 4.71. The van der Waals surface area contributed by atoms with Gasteiger partial charge < -0.3 is 10.1 Å². The number of esters is 1. The van der Waals surface area contributed by atoms with E-state index in [1.54, 1.807) is 25.3 Å². The van der Waals surface area contributed by atoms with Crippen molar-refractivity contribution in [2.24, 2.45) is 0 Å². The standard InChI is InChI=1S/C20H24N2O3/c1-14(19(23)22-16-10-4-2-3-5-11-16)25-20(24)17-12-6-8-15-9-7-13-21-18(15)17/h6-9,12-14,16H,2-5,10-11H2,1H3,(H,22,23)/t14-/m1/s1. The van der Waals surface area contributed by atoms with Gasteiger partial charge in [-0.1, -0.05) is 43.9 Å². The molecule has 3 rings (SSSR count). The van der Waals surface area contributed by atoms with Gasteiger partial charge in [0.1, 0.15) is 0 Å². The highest BCUT2D eigenvalue weighted by molar-refractivity contribution is 6.03. The number of aromatic nitrogens is 1. The number of carbonyl (C=O) groups excluding carboxylic acids is 2. The first-order chi connectivity index (χ1) is 12.1. The highest BCUT2D eigenvalue weighted by atomic mass is 16.5. The Morgan fingerprint density at radius 2 is 1.84 bits per heavy atom. The Kier molecular flexibility index (Phi) is 5.64. The van der Waals surface area contributed by atoms with Gasteiger partial charge in [0, 0.05) is 17.6 Å². The molecule has 1 atom stereocenters. The van der Waals surface area contributed by atoms with Crippen molar-refractivity contribution < 1.29 is 14.3 Å². The van der Waals surface area contributed by atoms with Crippen molar-refractivity contribution in [3.05, 3.63) is 42.1 Å². The van der Waals surface area contributed by atoms with Crippen LogP contribution < -0.4 is 5.32 Å². The molecule has 0 radical (unpaired) electrons. The third kappa shape index (κ3) is 4.35. The second kappa shape index (κ2) is 8.10. The molecule has 0 saturated heterocycles. The van der Waals surface area contributed by atoms with Crippen LogP contribution >= 0.6 is 0 Å². The van der Waals surface area contributed by atoms with Crippen molar-refractivity contribution in [1.29, 1.82) is 0 Å². The summed E-state index contributed by atoms with van der Waals surface area (Å²) in [7, 11) is 0. The van der Waals surface area contributed by atoms with Gasteiger partial charge in [-0.3, -0.25) is 9.78 Å². The van der Waals surface area contributed by atoms with Crippen LogP contribution in [0.4, 0.5) is 0 Å². The summed E-state index contributed by atoms with van der Waals surface area (Å²) in [5.74, 6) is -0.749. The Morgan fingerprint density at radius 1 is 1.12 bits per heavy atom. The van der Waals surface area contributed by atoms with Crippen LogP contribution in [0.5, 0.6) is 0 Å². The molecule has 5 heteroatoms. The van der Waals surface area contributed by atoms with Crippen LogP contribution in [0, 0.1) is 0 Å². The van der Waals surface area contributed by atoms with Crippen LogP contribution in [0.15, 0.2) is 36.5 Å². The molecule has 1 N–H and O–H groups in total. The minimum atomic E-state index is -0.824. The first-order valence-corrected chi connectivity index (χ1v) is 9.00. The summed E-state index contributed by atoms with van der Waals surface area (Å²) >= 11 is 0. The van der Waals surface area contributed by atoms with Gasteiger partial charge in [-0.05, 0) is 31.9 Å². The second-order valence-corrected chi connectivity index (χ2v) is 6.63. The molecule has 5 nitrogen and oxygen atoms in total. The fourth-order valence-electron chi connectivity index (χ4n) is 3.29. The topological polar surface area (TPSA) is 68.3 Å². The lowest BCUT2D eigenvalue weighted by Gasteiger charge is -2.19. The van der Waals surface area contributed by atoms with Gasteiger partial charge in [0.05, 0.1) is 11.1 Å². The van der Waals surface area contributed by atoms with E-state index in [2.05, 4.69) is 10.3 Å². The van der Waals surface area contributed by atoms with Crippen molar-refractivity contribution in [2.45, 2.75) is 57.6 Å². The summed E-state index contributed by atoms with van der Waals surface area (Å²) in [5, 5.41) is 3.89. The van der Waals surface area contributed by atoms with Crippen molar-refractivity contribution in [1.82, 2.24) is 10.3 Å². The molecule has 0 spiro atoms. The third-order valence-electron chi connectivity index (χ3n) is 4.71. The zero-order valence-corrected chi connectivity index (χ0v) is 14.5. The first kappa shape index (κ1) is 17.4. The second-order valence-electron chi connectivity index (χ2n) is 6.63. The summed E-state index contributed by atoms with van der Waals surface area (Å²) in [5.41, 5.74) is 0.971. The van der Waals surface area contributed by atoms with E-state index >= 15 is 0 Å². The molecule has 1 fully saturated rings. The smallest absolute Gasteiger partial charge is 0.341 e. The zero-order valence-electron chi connectivity index (χ0n) is 14.5. The number of pyridine rings is 1. The summed E-state index contributed by atoms with van der Waals surface area (Å²) in [6.07, 6.45) is 7.55. The number of para-hydroxylation sites is 1. The van der Waals surface area contributed by atoms with E-state index in [-0.39, 0.29) is 11.9 Å². The van der Waals surface area contributed by atoms with E-state index in [1.165, 1.54) is 12.8 Å². The van der Waals surface area contributed by atoms with Gasteiger partial charge in [0.25, 0.3) is 5.91 Å². The fourth-order valence-corrected chi connectivity index (χ4v) is 3.29. The van der Waals surface area contributed by atoms with Gasteiger partial charge in [-0.2, -0.15) is 0 Å². The number of ether oxygens (including phenoxy) is 1. The van der Waals surface area contributed by atoms with Crippen LogP contribution in [0.1, 0.15) is 55.8 Å². The maximum Gasteiger partial charge on any atom is 0.341 e. The average Bonchev–Trinajstić information content (AvgIpc) is 2.89. The first-order valence-electron chi connectivity index (χ1n) is 9.00. The van der Waals surface area contributed by atoms with Crippen LogP contribution in [-0.2, 0) is 9.53 Å². The van der Waals surface area contributed by atoms with Gasteiger partial charge in [-0.15, -0.1) is 0 Å². The molecule has 1 aromatic carbocycles. The van der Waals surface area contributed by atoms with Gasteiger partial charge in [0.15, 0.2) is 6.10 Å². The Morgan fingerprint density at radius 3 is 2.60 bits per heavy atom. The van der Waals surface area contributed by atoms with E-state index in [4.69, 9.17) is 4.74 Å². The Bertz CT molecular complexity index is 746. The molecular weight excluding hydrogens is 316 g/mol. The van der Waals surface area contributed by atoms with E-state index < -0.39 is 12.1 Å². The van der Waals surface area contributed by atoms with Gasteiger partial charge >= 0.3 is 5.97 Å². The normalized spacial score (nSPS) is 16.8. The zero-order chi connectivity index (χ0) is 17.6. The number of benzene rings is 1. The fraction of sp³-hybridized carbons (Fsp3) is 0.450. The lowest BCUT2D eigenvalue weighted by molar-refractivity contribution is -0.129. The molecule has 0 aliphatic heterocycles. The van der Waals surface area contributed by atoms with Gasteiger partial charge in [0.2, 0.25) is 0 Å². The maximum absolute atomic E-state index is 12.5.